The van der Waals surface area contributed by atoms with Crippen LogP contribution in [0.3, 0.4) is 0 Å². The van der Waals surface area contributed by atoms with Crippen molar-refractivity contribution in [2.75, 3.05) is 7.05 Å². The van der Waals surface area contributed by atoms with Gasteiger partial charge in [-0.15, -0.1) is 0 Å². The first-order valence-corrected chi connectivity index (χ1v) is 6.13. The lowest BCUT2D eigenvalue weighted by Crippen LogP contribution is -2.23. The molecular formula is C13H16N4O3. The van der Waals surface area contributed by atoms with Gasteiger partial charge in [-0.2, -0.15) is 0 Å². The minimum absolute atomic E-state index is 0.0451. The van der Waals surface area contributed by atoms with E-state index in [-0.39, 0.29) is 11.7 Å². The van der Waals surface area contributed by atoms with Gasteiger partial charge in [-0.3, -0.25) is 14.9 Å². The van der Waals surface area contributed by atoms with E-state index in [4.69, 9.17) is 5.11 Å². The van der Waals surface area contributed by atoms with Crippen LogP contribution < -0.4 is 5.69 Å². The van der Waals surface area contributed by atoms with Crippen LogP contribution >= 0.6 is 0 Å². The van der Waals surface area contributed by atoms with Crippen molar-refractivity contribution in [3.63, 3.8) is 0 Å². The lowest BCUT2D eigenvalue weighted by molar-refractivity contribution is 0.0688. The maximum Gasteiger partial charge on any atom is 0.354 e. The Morgan fingerprint density at radius 3 is 2.85 bits per heavy atom. The molecule has 3 N–H and O–H groups in total. The average molecular weight is 276 g/mol. The number of nitrogens with zero attached hydrogens (tertiary/aromatic N) is 2. The summed E-state index contributed by atoms with van der Waals surface area (Å²) < 4.78 is 0. The van der Waals surface area contributed by atoms with E-state index in [1.807, 2.05) is 31.0 Å². The minimum Gasteiger partial charge on any atom is -0.477 e. The summed E-state index contributed by atoms with van der Waals surface area (Å²) in [5.74, 6) is -1.15. The highest BCUT2D eigenvalue weighted by Crippen LogP contribution is 2.19. The molecule has 0 aromatic carbocycles. The quantitative estimate of drug-likeness (QED) is 0.755. The normalized spacial score (nSPS) is 12.6. The molecule has 2 aromatic heterocycles. The van der Waals surface area contributed by atoms with E-state index in [0.29, 0.717) is 12.2 Å². The lowest BCUT2D eigenvalue weighted by atomic mass is 10.1. The number of hydrogen-bond donors (Lipinski definition) is 3. The van der Waals surface area contributed by atoms with Gasteiger partial charge in [-0.25, -0.2) is 9.59 Å². The Morgan fingerprint density at radius 2 is 2.25 bits per heavy atom. The first kappa shape index (κ1) is 14.0. The molecule has 0 aliphatic carbocycles. The zero-order chi connectivity index (χ0) is 14.7. The fraction of sp³-hybridized carbons (Fsp3) is 0.308. The van der Waals surface area contributed by atoms with Crippen molar-refractivity contribution in [1.29, 1.82) is 0 Å². The van der Waals surface area contributed by atoms with Crippen molar-refractivity contribution in [2.24, 2.45) is 0 Å². The summed E-state index contributed by atoms with van der Waals surface area (Å²) in [6.07, 6.45) is 3.46. The van der Waals surface area contributed by atoms with Crippen molar-refractivity contribution in [3.8, 4) is 0 Å². The summed E-state index contributed by atoms with van der Waals surface area (Å²) in [4.78, 5) is 33.1. The number of hydrogen-bond acceptors (Lipinski definition) is 4. The van der Waals surface area contributed by atoms with E-state index >= 15 is 0 Å². The Bertz CT molecular complexity index is 647. The molecule has 7 nitrogen and oxygen atoms in total. The number of carboxylic acids is 1. The second-order valence-electron chi connectivity index (χ2n) is 4.62. The highest BCUT2D eigenvalue weighted by Gasteiger charge is 2.18. The SMILES string of the molecule is C[C@@H](c1cccnc1)N(C)Cc1[nH]c(=O)[nH]c1C(=O)O. The molecule has 0 radical (unpaired) electrons. The fourth-order valence-corrected chi connectivity index (χ4v) is 1.98. The molecule has 2 rings (SSSR count). The molecular weight excluding hydrogens is 260 g/mol. The molecule has 20 heavy (non-hydrogen) atoms. The van der Waals surface area contributed by atoms with Gasteiger partial charge in [0.05, 0.1) is 5.69 Å². The largest absolute Gasteiger partial charge is 0.477 e. The number of nitrogens with one attached hydrogen (secondary N) is 2. The molecule has 0 fully saturated rings. The molecule has 2 aromatic rings. The summed E-state index contributed by atoms with van der Waals surface area (Å²) in [7, 11) is 1.86. The van der Waals surface area contributed by atoms with Gasteiger partial charge < -0.3 is 10.1 Å². The molecule has 7 heteroatoms. The molecule has 1 atom stereocenters. The number of H-pyrrole nitrogens is 2. The van der Waals surface area contributed by atoms with Crippen LogP contribution in [0.15, 0.2) is 29.3 Å². The standard InChI is InChI=1S/C13H16N4O3/c1-8(9-4-3-5-14-6-9)17(2)7-10-11(12(18)19)16-13(20)15-10/h3-6,8H,7H2,1-2H3,(H,18,19)(H2,15,16,20)/t8-/m0/s1. The summed E-state index contributed by atoms with van der Waals surface area (Å²) in [5, 5.41) is 9.03. The summed E-state index contributed by atoms with van der Waals surface area (Å²) in [5.41, 5.74) is 0.769. The third-order valence-corrected chi connectivity index (χ3v) is 3.25. The zero-order valence-corrected chi connectivity index (χ0v) is 11.3. The van der Waals surface area contributed by atoms with Crippen molar-refractivity contribution in [3.05, 3.63) is 52.0 Å². The number of aromatic amines is 2. The first-order chi connectivity index (χ1) is 9.49. The van der Waals surface area contributed by atoms with Crippen LogP contribution in [0.5, 0.6) is 0 Å². The molecule has 0 unspecified atom stereocenters. The molecule has 0 aliphatic heterocycles. The first-order valence-electron chi connectivity index (χ1n) is 6.13. The zero-order valence-electron chi connectivity index (χ0n) is 11.3. The number of carbonyl (C=O) groups is 1. The molecule has 106 valence electrons. The van der Waals surface area contributed by atoms with Crippen molar-refractivity contribution < 1.29 is 9.90 Å². The van der Waals surface area contributed by atoms with Gasteiger partial charge in [0, 0.05) is 25.0 Å². The Hall–Kier alpha value is -2.41. The van der Waals surface area contributed by atoms with Crippen LogP contribution in [0.2, 0.25) is 0 Å². The van der Waals surface area contributed by atoms with Gasteiger partial charge in [0.15, 0.2) is 0 Å². The van der Waals surface area contributed by atoms with E-state index in [9.17, 15) is 9.59 Å². The van der Waals surface area contributed by atoms with Crippen LogP contribution in [-0.4, -0.2) is 38.0 Å². The van der Waals surface area contributed by atoms with E-state index in [1.165, 1.54) is 0 Å². The second-order valence-corrected chi connectivity index (χ2v) is 4.62. The third kappa shape index (κ3) is 2.94. The predicted octanol–water partition coefficient (Wildman–Crippen LogP) is 0.989. The monoisotopic (exact) mass is 276 g/mol. The third-order valence-electron chi connectivity index (χ3n) is 3.25. The lowest BCUT2D eigenvalue weighted by Gasteiger charge is -2.24. The van der Waals surface area contributed by atoms with E-state index in [0.717, 1.165) is 5.56 Å². The Morgan fingerprint density at radius 1 is 1.50 bits per heavy atom. The maximum absolute atomic E-state index is 11.2. The van der Waals surface area contributed by atoms with Crippen LogP contribution in [-0.2, 0) is 6.54 Å². The van der Waals surface area contributed by atoms with Crippen LogP contribution in [0, 0.1) is 0 Å². The van der Waals surface area contributed by atoms with Gasteiger partial charge in [0.2, 0.25) is 0 Å². The van der Waals surface area contributed by atoms with Crippen LogP contribution in [0.4, 0.5) is 0 Å². The molecule has 0 spiro atoms. The van der Waals surface area contributed by atoms with Gasteiger partial charge in [-0.05, 0) is 25.6 Å². The molecule has 0 saturated heterocycles. The summed E-state index contributed by atoms with van der Waals surface area (Å²) >= 11 is 0. The molecule has 2 heterocycles. The topological polar surface area (TPSA) is 102 Å². The Kier molecular flexibility index (Phi) is 3.99. The predicted molar refractivity (Wildman–Crippen MR) is 72.5 cm³/mol. The Balaban J connectivity index is 2.18. The number of pyridine rings is 1. The highest BCUT2D eigenvalue weighted by atomic mass is 16.4. The minimum atomic E-state index is -1.15. The number of rotatable bonds is 5. The van der Waals surface area contributed by atoms with Gasteiger partial charge in [0.25, 0.3) is 0 Å². The maximum atomic E-state index is 11.2. The Labute approximate surface area is 115 Å². The van der Waals surface area contributed by atoms with Crippen molar-refractivity contribution >= 4 is 5.97 Å². The van der Waals surface area contributed by atoms with E-state index in [2.05, 4.69) is 15.0 Å². The highest BCUT2D eigenvalue weighted by molar-refractivity contribution is 5.86. The molecule has 0 amide bonds. The number of carboxylic acid groups (broad SMARTS) is 1. The summed E-state index contributed by atoms with van der Waals surface area (Å²) in [6, 6.07) is 3.84. The van der Waals surface area contributed by atoms with E-state index in [1.54, 1.807) is 12.4 Å². The number of imidazole rings is 1. The van der Waals surface area contributed by atoms with Crippen molar-refractivity contribution in [2.45, 2.75) is 19.5 Å². The van der Waals surface area contributed by atoms with Crippen LogP contribution in [0.25, 0.3) is 0 Å². The van der Waals surface area contributed by atoms with E-state index < -0.39 is 11.7 Å². The fourth-order valence-electron chi connectivity index (χ4n) is 1.98. The smallest absolute Gasteiger partial charge is 0.354 e. The molecule has 0 saturated carbocycles. The van der Waals surface area contributed by atoms with Gasteiger partial charge >= 0.3 is 11.7 Å². The summed E-state index contributed by atoms with van der Waals surface area (Å²) in [6.45, 7) is 2.30. The number of aromatic nitrogens is 3. The van der Waals surface area contributed by atoms with Gasteiger partial charge in [0.1, 0.15) is 5.69 Å². The average Bonchev–Trinajstić information content (AvgIpc) is 2.80. The number of aromatic carboxylic acids is 1. The molecule has 0 aliphatic rings. The molecule has 0 bridgehead atoms. The second kappa shape index (κ2) is 5.70. The van der Waals surface area contributed by atoms with Crippen molar-refractivity contribution in [1.82, 2.24) is 19.9 Å². The van der Waals surface area contributed by atoms with Gasteiger partial charge in [-0.1, -0.05) is 6.07 Å². The van der Waals surface area contributed by atoms with Crippen LogP contribution in [0.1, 0.15) is 34.7 Å².